The summed E-state index contributed by atoms with van der Waals surface area (Å²) < 4.78 is 5.48. The first-order valence-electron chi connectivity index (χ1n) is 9.51. The second-order valence-corrected chi connectivity index (χ2v) is 6.56. The fourth-order valence-electron chi connectivity index (χ4n) is 3.34. The molecular weight excluding hydrogens is 356 g/mol. The van der Waals surface area contributed by atoms with Gasteiger partial charge in [0.25, 0.3) is 11.7 Å². The van der Waals surface area contributed by atoms with Crippen molar-refractivity contribution in [2.75, 3.05) is 13.2 Å². The van der Waals surface area contributed by atoms with Gasteiger partial charge in [-0.15, -0.1) is 0 Å². The smallest absolute Gasteiger partial charge is 0.295 e. The lowest BCUT2D eigenvalue weighted by atomic mass is 9.98. The van der Waals surface area contributed by atoms with Crippen molar-refractivity contribution in [3.05, 3.63) is 65.5 Å². The number of benzene rings is 1. The molecule has 1 fully saturated rings. The second-order valence-electron chi connectivity index (χ2n) is 6.56. The highest BCUT2D eigenvalue weighted by Crippen LogP contribution is 2.39. The highest BCUT2D eigenvalue weighted by atomic mass is 16.5. The predicted octanol–water partition coefficient (Wildman–Crippen LogP) is 3.70. The molecule has 0 aliphatic carbocycles. The molecule has 1 amide bonds. The van der Waals surface area contributed by atoms with Crippen LogP contribution < -0.4 is 4.74 Å². The van der Waals surface area contributed by atoms with E-state index in [9.17, 15) is 14.7 Å². The van der Waals surface area contributed by atoms with Crippen molar-refractivity contribution in [3.63, 3.8) is 0 Å². The lowest BCUT2D eigenvalue weighted by molar-refractivity contribution is -0.140. The van der Waals surface area contributed by atoms with E-state index in [0.717, 1.165) is 12.8 Å². The van der Waals surface area contributed by atoms with Crippen LogP contribution in [0.5, 0.6) is 5.75 Å². The SMILES string of the molecule is CCCCN1C(=O)C(=O)/C(=C(\O)c2cccc(OCC)c2)C1c1ccccn1. The molecule has 1 N–H and O–H groups in total. The molecule has 28 heavy (non-hydrogen) atoms. The number of hydrogen-bond acceptors (Lipinski definition) is 5. The molecule has 1 atom stereocenters. The van der Waals surface area contributed by atoms with E-state index in [0.29, 0.717) is 30.2 Å². The maximum Gasteiger partial charge on any atom is 0.295 e. The molecule has 2 aromatic rings. The molecule has 1 aliphatic heterocycles. The molecule has 3 rings (SSSR count). The van der Waals surface area contributed by atoms with Crippen LogP contribution in [0.3, 0.4) is 0 Å². The standard InChI is InChI=1S/C22H24N2O4/c1-3-5-13-24-19(17-11-6-7-12-23-17)18(21(26)22(24)27)20(25)15-9-8-10-16(14-15)28-4-2/h6-12,14,19,25H,3-5,13H2,1-2H3/b20-18-. The third-order valence-corrected chi connectivity index (χ3v) is 4.68. The van der Waals surface area contributed by atoms with Crippen LogP contribution in [0.1, 0.15) is 44.0 Å². The third kappa shape index (κ3) is 3.76. The van der Waals surface area contributed by atoms with Gasteiger partial charge in [-0.2, -0.15) is 0 Å². The van der Waals surface area contributed by atoms with Crippen molar-refractivity contribution in [2.24, 2.45) is 0 Å². The van der Waals surface area contributed by atoms with Gasteiger partial charge in [-0.25, -0.2) is 0 Å². The number of Topliss-reactive ketones (excluding diaryl/α,β-unsaturated/α-hetero) is 1. The van der Waals surface area contributed by atoms with Gasteiger partial charge in [0.05, 0.1) is 17.9 Å². The van der Waals surface area contributed by atoms with E-state index in [4.69, 9.17) is 4.74 Å². The Bertz CT molecular complexity index is 892. The molecule has 6 heteroatoms. The van der Waals surface area contributed by atoms with Crippen molar-refractivity contribution in [3.8, 4) is 5.75 Å². The maximum absolute atomic E-state index is 12.8. The number of ketones is 1. The number of nitrogens with zero attached hydrogens (tertiary/aromatic N) is 2. The van der Waals surface area contributed by atoms with Gasteiger partial charge in [-0.3, -0.25) is 14.6 Å². The molecule has 146 valence electrons. The summed E-state index contributed by atoms with van der Waals surface area (Å²) in [6, 6.07) is 11.5. The minimum atomic E-state index is -0.705. The number of carbonyl (C=O) groups excluding carboxylic acids is 2. The predicted molar refractivity (Wildman–Crippen MR) is 106 cm³/mol. The largest absolute Gasteiger partial charge is 0.507 e. The number of carbonyl (C=O) groups is 2. The Labute approximate surface area is 164 Å². The van der Waals surface area contributed by atoms with E-state index in [1.807, 2.05) is 13.8 Å². The van der Waals surface area contributed by atoms with E-state index < -0.39 is 17.7 Å². The minimum absolute atomic E-state index is 0.0634. The average molecular weight is 380 g/mol. The van der Waals surface area contributed by atoms with E-state index in [2.05, 4.69) is 4.98 Å². The lowest BCUT2D eigenvalue weighted by Crippen LogP contribution is -2.31. The summed E-state index contributed by atoms with van der Waals surface area (Å²) in [6.07, 6.45) is 3.26. The fraction of sp³-hybridized carbons (Fsp3) is 0.318. The number of aliphatic hydroxyl groups excluding tert-OH is 1. The molecule has 1 aromatic carbocycles. The van der Waals surface area contributed by atoms with E-state index in [1.165, 1.54) is 4.90 Å². The Morgan fingerprint density at radius 2 is 2.00 bits per heavy atom. The van der Waals surface area contributed by atoms with Gasteiger partial charge in [0.15, 0.2) is 0 Å². The normalized spacial score (nSPS) is 18.5. The van der Waals surface area contributed by atoms with Crippen molar-refractivity contribution in [1.82, 2.24) is 9.88 Å². The number of rotatable bonds is 7. The van der Waals surface area contributed by atoms with Crippen molar-refractivity contribution in [1.29, 1.82) is 0 Å². The van der Waals surface area contributed by atoms with Crippen LogP contribution in [0.2, 0.25) is 0 Å². The molecule has 0 spiro atoms. The van der Waals surface area contributed by atoms with E-state index >= 15 is 0 Å². The van der Waals surface area contributed by atoms with Gasteiger partial charge in [0.1, 0.15) is 17.6 Å². The first-order valence-corrected chi connectivity index (χ1v) is 9.51. The van der Waals surface area contributed by atoms with Gasteiger partial charge in [-0.05, 0) is 37.6 Å². The first-order chi connectivity index (χ1) is 13.6. The number of aromatic nitrogens is 1. The monoisotopic (exact) mass is 380 g/mol. The molecule has 0 bridgehead atoms. The number of likely N-dealkylation sites (tertiary alicyclic amines) is 1. The average Bonchev–Trinajstić information content (AvgIpc) is 2.97. The number of pyridine rings is 1. The number of amides is 1. The second kappa shape index (κ2) is 8.69. The maximum atomic E-state index is 12.8. The van der Waals surface area contributed by atoms with Crippen LogP contribution in [-0.2, 0) is 9.59 Å². The highest BCUT2D eigenvalue weighted by Gasteiger charge is 2.46. The molecule has 1 unspecified atom stereocenters. The summed E-state index contributed by atoms with van der Waals surface area (Å²) >= 11 is 0. The van der Waals surface area contributed by atoms with Crippen LogP contribution in [0.15, 0.2) is 54.2 Å². The van der Waals surface area contributed by atoms with Crippen molar-refractivity contribution < 1.29 is 19.4 Å². The minimum Gasteiger partial charge on any atom is -0.507 e. The van der Waals surface area contributed by atoms with Crippen LogP contribution in [0.25, 0.3) is 5.76 Å². The Balaban J connectivity index is 2.12. The molecule has 2 heterocycles. The number of hydrogen-bond donors (Lipinski definition) is 1. The van der Waals surface area contributed by atoms with Gasteiger partial charge in [0, 0.05) is 18.3 Å². The summed E-state index contributed by atoms with van der Waals surface area (Å²) in [5, 5.41) is 11.0. The molecular formula is C22H24N2O4. The fourth-order valence-corrected chi connectivity index (χ4v) is 3.34. The van der Waals surface area contributed by atoms with Gasteiger partial charge in [0.2, 0.25) is 0 Å². The Hall–Kier alpha value is -3.15. The lowest BCUT2D eigenvalue weighted by Gasteiger charge is -2.24. The van der Waals surface area contributed by atoms with Crippen LogP contribution in [-0.4, -0.2) is 39.8 Å². The quantitative estimate of drug-likeness (QED) is 0.450. The molecule has 1 aromatic heterocycles. The Morgan fingerprint density at radius 3 is 2.68 bits per heavy atom. The topological polar surface area (TPSA) is 79.7 Å². The Morgan fingerprint density at radius 1 is 1.18 bits per heavy atom. The molecule has 0 saturated carbocycles. The molecule has 1 saturated heterocycles. The number of unbranched alkanes of at least 4 members (excludes halogenated alkanes) is 1. The molecule has 0 radical (unpaired) electrons. The number of aliphatic hydroxyl groups is 1. The van der Waals surface area contributed by atoms with E-state index in [1.54, 1.807) is 48.7 Å². The zero-order valence-electron chi connectivity index (χ0n) is 16.1. The summed E-state index contributed by atoms with van der Waals surface area (Å²) in [6.45, 7) is 4.80. The van der Waals surface area contributed by atoms with Crippen molar-refractivity contribution >= 4 is 17.4 Å². The summed E-state index contributed by atoms with van der Waals surface area (Å²) in [5.41, 5.74) is 1.05. The Kier molecular flexibility index (Phi) is 6.09. The first kappa shape index (κ1) is 19.6. The van der Waals surface area contributed by atoms with Crippen LogP contribution in [0.4, 0.5) is 0 Å². The highest BCUT2D eigenvalue weighted by molar-refractivity contribution is 6.46. The van der Waals surface area contributed by atoms with Crippen LogP contribution in [0, 0.1) is 0 Å². The summed E-state index contributed by atoms with van der Waals surface area (Å²) in [5.74, 6) is -0.923. The van der Waals surface area contributed by atoms with Gasteiger partial charge in [-0.1, -0.05) is 31.5 Å². The third-order valence-electron chi connectivity index (χ3n) is 4.68. The zero-order chi connectivity index (χ0) is 20.1. The van der Waals surface area contributed by atoms with Gasteiger partial charge >= 0.3 is 0 Å². The summed E-state index contributed by atoms with van der Waals surface area (Å²) in [4.78, 5) is 31.4. The molecule has 1 aliphatic rings. The molecule has 6 nitrogen and oxygen atoms in total. The van der Waals surface area contributed by atoms with Crippen LogP contribution >= 0.6 is 0 Å². The summed E-state index contributed by atoms with van der Waals surface area (Å²) in [7, 11) is 0. The van der Waals surface area contributed by atoms with E-state index in [-0.39, 0.29) is 11.3 Å². The van der Waals surface area contributed by atoms with Crippen molar-refractivity contribution in [2.45, 2.75) is 32.7 Å². The van der Waals surface area contributed by atoms with Gasteiger partial charge < -0.3 is 14.7 Å². The number of ether oxygens (including phenoxy) is 1. The zero-order valence-corrected chi connectivity index (χ0v) is 16.1.